The van der Waals surface area contributed by atoms with E-state index in [-0.39, 0.29) is 12.5 Å². The van der Waals surface area contributed by atoms with Crippen LogP contribution in [-0.2, 0) is 11.2 Å². The van der Waals surface area contributed by atoms with Crippen molar-refractivity contribution in [3.8, 4) is 11.1 Å². The fourth-order valence-electron chi connectivity index (χ4n) is 4.04. The number of carbonyl (C=O) groups is 1. The van der Waals surface area contributed by atoms with E-state index in [2.05, 4.69) is 46.1 Å². The molecule has 140 valence electrons. The van der Waals surface area contributed by atoms with Gasteiger partial charge in [0, 0.05) is 36.3 Å². The van der Waals surface area contributed by atoms with Crippen LogP contribution in [0.2, 0.25) is 0 Å². The molecular formula is C22H21N5O. The summed E-state index contributed by atoms with van der Waals surface area (Å²) in [6.07, 6.45) is 8.56. The minimum Gasteiger partial charge on any atom is -0.365 e. The lowest BCUT2D eigenvalue weighted by Gasteiger charge is -2.31. The van der Waals surface area contributed by atoms with Crippen LogP contribution >= 0.6 is 0 Å². The van der Waals surface area contributed by atoms with Crippen LogP contribution in [0, 0.1) is 13.8 Å². The molecule has 0 atom stereocenters. The van der Waals surface area contributed by atoms with E-state index in [1.807, 2.05) is 34.9 Å². The van der Waals surface area contributed by atoms with Crippen LogP contribution in [0.1, 0.15) is 22.5 Å². The van der Waals surface area contributed by atoms with Gasteiger partial charge in [0.25, 0.3) is 0 Å². The molecule has 0 unspecified atom stereocenters. The molecule has 3 aromatic rings. The molecule has 5 rings (SSSR count). The van der Waals surface area contributed by atoms with Gasteiger partial charge in [-0.25, -0.2) is 4.98 Å². The number of nitrogens with one attached hydrogen (secondary N) is 1. The highest BCUT2D eigenvalue weighted by atomic mass is 16.2. The summed E-state index contributed by atoms with van der Waals surface area (Å²) in [6, 6.07) is 8.49. The van der Waals surface area contributed by atoms with E-state index in [0.29, 0.717) is 6.54 Å². The Morgan fingerprint density at radius 1 is 1.18 bits per heavy atom. The van der Waals surface area contributed by atoms with Gasteiger partial charge >= 0.3 is 0 Å². The molecular weight excluding hydrogens is 350 g/mol. The molecule has 0 aliphatic carbocycles. The molecule has 1 aromatic carbocycles. The van der Waals surface area contributed by atoms with Crippen molar-refractivity contribution in [3.05, 3.63) is 71.6 Å². The summed E-state index contributed by atoms with van der Waals surface area (Å²) >= 11 is 0. The standard InChI is InChI=1S/C22H21N5O/c1-14-8-16(10-23-14)17-4-3-5-19-18(17)6-7-27-20(19)9-21(24-11-22(27)28)26-12-15(2)25-13-26/h3-5,8-10,12-13,23H,6-7,11H2,1-2H3. The van der Waals surface area contributed by atoms with Crippen molar-refractivity contribution in [1.82, 2.24) is 19.4 Å². The lowest BCUT2D eigenvalue weighted by Crippen LogP contribution is -2.36. The van der Waals surface area contributed by atoms with Crippen LogP contribution in [0.15, 0.2) is 54.1 Å². The number of aromatic nitrogens is 3. The van der Waals surface area contributed by atoms with Crippen molar-refractivity contribution in [3.63, 3.8) is 0 Å². The van der Waals surface area contributed by atoms with Gasteiger partial charge in [0.1, 0.15) is 18.7 Å². The third-order valence-electron chi connectivity index (χ3n) is 5.39. The SMILES string of the molecule is Cc1cn(C2=NCC(=O)N3CCc4c(cccc4-c4c[nH]c(C)c4)C3=C2)cn1. The predicted molar refractivity (Wildman–Crippen MR) is 109 cm³/mol. The smallest absolute Gasteiger partial charge is 0.248 e. The summed E-state index contributed by atoms with van der Waals surface area (Å²) in [7, 11) is 0. The highest BCUT2D eigenvalue weighted by molar-refractivity contribution is 6.06. The van der Waals surface area contributed by atoms with E-state index in [1.54, 1.807) is 6.33 Å². The van der Waals surface area contributed by atoms with Gasteiger partial charge in [-0.05, 0) is 43.0 Å². The Labute approximate surface area is 163 Å². The van der Waals surface area contributed by atoms with Crippen molar-refractivity contribution in [1.29, 1.82) is 0 Å². The number of benzene rings is 1. The molecule has 0 spiro atoms. The number of aliphatic imine (C=N–C) groups is 1. The zero-order valence-electron chi connectivity index (χ0n) is 15.9. The van der Waals surface area contributed by atoms with Gasteiger partial charge in [-0.1, -0.05) is 18.2 Å². The van der Waals surface area contributed by atoms with Gasteiger partial charge in [0.2, 0.25) is 5.91 Å². The lowest BCUT2D eigenvalue weighted by molar-refractivity contribution is -0.126. The van der Waals surface area contributed by atoms with E-state index < -0.39 is 0 Å². The predicted octanol–water partition coefficient (Wildman–Crippen LogP) is 3.18. The summed E-state index contributed by atoms with van der Waals surface area (Å²) in [6.45, 7) is 4.82. The molecule has 6 nitrogen and oxygen atoms in total. The number of allylic oxidation sites excluding steroid dienone is 1. The molecule has 2 aliphatic rings. The largest absolute Gasteiger partial charge is 0.365 e. The molecule has 0 bridgehead atoms. The van der Waals surface area contributed by atoms with Crippen LogP contribution in [0.3, 0.4) is 0 Å². The molecule has 0 saturated heterocycles. The maximum absolute atomic E-state index is 12.7. The minimum atomic E-state index is 0.0339. The number of rotatable bonds is 1. The topological polar surface area (TPSA) is 66.3 Å². The van der Waals surface area contributed by atoms with E-state index in [0.717, 1.165) is 34.9 Å². The first-order valence-electron chi connectivity index (χ1n) is 9.45. The number of nitrogens with zero attached hydrogens (tertiary/aromatic N) is 4. The summed E-state index contributed by atoms with van der Waals surface area (Å²) in [4.78, 5) is 26.7. The summed E-state index contributed by atoms with van der Waals surface area (Å²) in [5.74, 6) is 0.772. The lowest BCUT2D eigenvalue weighted by atomic mass is 9.89. The number of hydrogen-bond donors (Lipinski definition) is 1. The number of H-pyrrole nitrogens is 1. The zero-order valence-corrected chi connectivity index (χ0v) is 15.9. The fraction of sp³-hybridized carbons (Fsp3) is 0.227. The molecule has 0 saturated carbocycles. The Hall–Kier alpha value is -3.41. The van der Waals surface area contributed by atoms with Crippen LogP contribution in [0.4, 0.5) is 0 Å². The van der Waals surface area contributed by atoms with Crippen LogP contribution in [0.25, 0.3) is 16.8 Å². The van der Waals surface area contributed by atoms with Gasteiger partial charge in [-0.3, -0.25) is 14.4 Å². The first kappa shape index (κ1) is 16.7. The molecule has 28 heavy (non-hydrogen) atoms. The second-order valence-electron chi connectivity index (χ2n) is 7.32. The first-order chi connectivity index (χ1) is 13.6. The maximum Gasteiger partial charge on any atom is 0.248 e. The van der Waals surface area contributed by atoms with Gasteiger partial charge in [0.15, 0.2) is 0 Å². The average molecular weight is 371 g/mol. The first-order valence-corrected chi connectivity index (χ1v) is 9.45. The van der Waals surface area contributed by atoms with E-state index >= 15 is 0 Å². The van der Waals surface area contributed by atoms with Crippen LogP contribution in [-0.4, -0.2) is 44.3 Å². The number of aryl methyl sites for hydroxylation is 2. The highest BCUT2D eigenvalue weighted by Crippen LogP contribution is 2.36. The highest BCUT2D eigenvalue weighted by Gasteiger charge is 2.29. The molecule has 0 radical (unpaired) electrons. The molecule has 1 N–H and O–H groups in total. The van der Waals surface area contributed by atoms with Gasteiger partial charge < -0.3 is 9.88 Å². The van der Waals surface area contributed by atoms with Gasteiger partial charge in [-0.2, -0.15) is 0 Å². The molecule has 2 aromatic heterocycles. The monoisotopic (exact) mass is 371 g/mol. The maximum atomic E-state index is 12.7. The molecule has 1 amide bonds. The molecule has 4 heterocycles. The molecule has 2 aliphatic heterocycles. The Kier molecular flexibility index (Phi) is 3.79. The Balaban J connectivity index is 1.66. The fourth-order valence-corrected chi connectivity index (χ4v) is 4.04. The van der Waals surface area contributed by atoms with Crippen molar-refractivity contribution < 1.29 is 4.79 Å². The number of carbonyl (C=O) groups excluding carboxylic acids is 1. The Morgan fingerprint density at radius 2 is 2.04 bits per heavy atom. The Morgan fingerprint density at radius 3 is 2.79 bits per heavy atom. The van der Waals surface area contributed by atoms with Gasteiger partial charge in [0.05, 0.1) is 11.4 Å². The van der Waals surface area contributed by atoms with E-state index in [4.69, 9.17) is 0 Å². The van der Waals surface area contributed by atoms with E-state index in [9.17, 15) is 4.79 Å². The van der Waals surface area contributed by atoms with Crippen molar-refractivity contribution in [2.24, 2.45) is 4.99 Å². The average Bonchev–Trinajstić information content (AvgIpc) is 3.28. The minimum absolute atomic E-state index is 0.0339. The summed E-state index contributed by atoms with van der Waals surface area (Å²) < 4.78 is 1.88. The number of amides is 1. The number of aromatic amines is 1. The van der Waals surface area contributed by atoms with Crippen molar-refractivity contribution in [2.45, 2.75) is 20.3 Å². The second-order valence-corrected chi connectivity index (χ2v) is 7.32. The van der Waals surface area contributed by atoms with Crippen LogP contribution in [0.5, 0.6) is 0 Å². The third-order valence-corrected chi connectivity index (χ3v) is 5.39. The van der Waals surface area contributed by atoms with E-state index in [1.165, 1.54) is 16.7 Å². The second kappa shape index (κ2) is 6.34. The summed E-state index contributed by atoms with van der Waals surface area (Å²) in [5, 5.41) is 0. The third kappa shape index (κ3) is 2.69. The quantitative estimate of drug-likeness (QED) is 0.714. The normalized spacial score (nSPS) is 16.2. The van der Waals surface area contributed by atoms with Crippen molar-refractivity contribution >= 4 is 17.4 Å². The molecule has 6 heteroatoms. The van der Waals surface area contributed by atoms with Crippen molar-refractivity contribution in [2.75, 3.05) is 13.1 Å². The van der Waals surface area contributed by atoms with Gasteiger partial charge in [-0.15, -0.1) is 0 Å². The molecule has 0 fully saturated rings. The van der Waals surface area contributed by atoms with Crippen LogP contribution < -0.4 is 0 Å². The Bertz CT molecular complexity index is 1150. The summed E-state index contributed by atoms with van der Waals surface area (Å²) in [5.41, 5.74) is 7.75. The number of fused-ring (bicyclic) bond motifs is 3. The zero-order chi connectivity index (χ0) is 19.3. The number of hydrogen-bond acceptors (Lipinski definition) is 3. The number of imidazole rings is 1.